The van der Waals surface area contributed by atoms with Crippen LogP contribution in [0.25, 0.3) is 0 Å². The zero-order valence-corrected chi connectivity index (χ0v) is 27.1. The maximum atomic E-state index is 12.2. The van der Waals surface area contributed by atoms with Gasteiger partial charge in [-0.25, -0.2) is 0 Å². The van der Waals surface area contributed by atoms with Crippen molar-refractivity contribution in [1.29, 1.82) is 0 Å². The quantitative estimate of drug-likeness (QED) is 0.157. The summed E-state index contributed by atoms with van der Waals surface area (Å²) < 4.78 is 0.981. The van der Waals surface area contributed by atoms with Crippen LogP contribution in [0.3, 0.4) is 0 Å². The van der Waals surface area contributed by atoms with E-state index in [1.54, 1.807) is 0 Å². The summed E-state index contributed by atoms with van der Waals surface area (Å²) in [4.78, 5) is 14.1. The number of aromatic hydroxyl groups is 1. The molecule has 0 bridgehead atoms. The van der Waals surface area contributed by atoms with E-state index in [0.717, 1.165) is 48.6 Å². The van der Waals surface area contributed by atoms with E-state index < -0.39 is 0 Å². The molecule has 0 spiro atoms. The fourth-order valence-electron chi connectivity index (χ4n) is 8.50. The Bertz CT molecular complexity index is 951. The molecule has 0 heterocycles. The van der Waals surface area contributed by atoms with Crippen molar-refractivity contribution in [2.24, 2.45) is 23.2 Å². The van der Waals surface area contributed by atoms with E-state index in [4.69, 9.17) is 0 Å². The number of aliphatic hydroxyl groups excluding tert-OH is 1. The van der Waals surface area contributed by atoms with Gasteiger partial charge in [0.05, 0.1) is 9.67 Å². The van der Waals surface area contributed by atoms with Crippen molar-refractivity contribution in [3.63, 3.8) is 0 Å². The average molecular weight is 652 g/mol. The molecule has 1 aromatic rings. The summed E-state index contributed by atoms with van der Waals surface area (Å²) in [5, 5.41) is 21.4. The van der Waals surface area contributed by atoms with Crippen LogP contribution in [-0.2, 0) is 11.2 Å². The number of carbonyl (C=O) groups excluding carboxylic acids is 1. The Balaban J connectivity index is 1.21. The van der Waals surface area contributed by atoms with Crippen LogP contribution in [0.15, 0.2) is 12.1 Å². The van der Waals surface area contributed by atoms with Gasteiger partial charge in [0.2, 0.25) is 5.91 Å². The number of amides is 1. The van der Waals surface area contributed by atoms with Crippen LogP contribution in [0.2, 0.25) is 0 Å². The SMILES string of the molecule is CCCCN(C)C(=O)CCCCCCCCCC[C@@H]1Cc2cc(O)c(I)cc2C2CC[C@@]3(C)C(CC[C@@H]3O)C21. The minimum absolute atomic E-state index is 0.0938. The second-order valence-electron chi connectivity index (χ2n) is 13.4. The van der Waals surface area contributed by atoms with Crippen molar-refractivity contribution in [2.75, 3.05) is 13.6 Å². The lowest BCUT2D eigenvalue weighted by Crippen LogP contribution is -2.47. The van der Waals surface area contributed by atoms with E-state index in [-0.39, 0.29) is 11.5 Å². The Morgan fingerprint density at radius 1 is 1.03 bits per heavy atom. The van der Waals surface area contributed by atoms with Crippen LogP contribution in [-0.4, -0.2) is 40.7 Å². The number of nitrogens with zero attached hydrogens (tertiary/aromatic N) is 1. The lowest BCUT2D eigenvalue weighted by molar-refractivity contribution is -0.130. The molecule has 1 amide bonds. The first-order valence-electron chi connectivity index (χ1n) is 16.2. The van der Waals surface area contributed by atoms with Gasteiger partial charge in [0.15, 0.2) is 0 Å². The monoisotopic (exact) mass is 651 g/mol. The number of rotatable bonds is 14. The van der Waals surface area contributed by atoms with E-state index in [1.165, 1.54) is 75.3 Å². The van der Waals surface area contributed by atoms with E-state index in [2.05, 4.69) is 48.6 Å². The van der Waals surface area contributed by atoms with E-state index in [0.29, 0.717) is 41.7 Å². The molecule has 3 aliphatic carbocycles. The Hall–Kier alpha value is -0.820. The standard InChI is InChI=1S/C34H54INO3/c1-4-5-20-36(3)32(39)15-13-11-9-7-6-8-10-12-14-24-21-25-22-30(37)29(35)23-27(25)26-18-19-34(2)28(33(24)26)16-17-31(34)38/h22-24,26,28,31,33,37-38H,4-21H2,1-3H3/t24-,26?,28?,31+,33?,34+/m1/s1. The van der Waals surface area contributed by atoms with Crippen LogP contribution in [0, 0.1) is 26.7 Å². The summed E-state index contributed by atoms with van der Waals surface area (Å²) in [6, 6.07) is 4.34. The summed E-state index contributed by atoms with van der Waals surface area (Å²) >= 11 is 2.28. The molecule has 4 rings (SSSR count). The van der Waals surface area contributed by atoms with Crippen LogP contribution in [0.4, 0.5) is 0 Å². The third-order valence-electron chi connectivity index (χ3n) is 10.9. The molecular formula is C34H54INO3. The van der Waals surface area contributed by atoms with Crippen molar-refractivity contribution in [3.05, 3.63) is 26.8 Å². The van der Waals surface area contributed by atoms with Gasteiger partial charge in [-0.3, -0.25) is 4.79 Å². The molecule has 39 heavy (non-hydrogen) atoms. The molecule has 2 fully saturated rings. The van der Waals surface area contributed by atoms with Gasteiger partial charge in [0.25, 0.3) is 0 Å². The number of hydrogen-bond donors (Lipinski definition) is 2. The Labute approximate surface area is 251 Å². The third kappa shape index (κ3) is 7.34. The normalized spacial score (nSPS) is 29.5. The van der Waals surface area contributed by atoms with Crippen molar-refractivity contribution >= 4 is 28.5 Å². The molecule has 0 aliphatic heterocycles. The van der Waals surface area contributed by atoms with Crippen molar-refractivity contribution in [2.45, 2.75) is 135 Å². The Morgan fingerprint density at radius 2 is 1.72 bits per heavy atom. The highest BCUT2D eigenvalue weighted by Gasteiger charge is 2.56. The molecule has 0 aromatic heterocycles. The molecule has 2 N–H and O–H groups in total. The van der Waals surface area contributed by atoms with Gasteiger partial charge < -0.3 is 15.1 Å². The van der Waals surface area contributed by atoms with Crippen LogP contribution in [0.5, 0.6) is 5.75 Å². The van der Waals surface area contributed by atoms with Gasteiger partial charge in [-0.15, -0.1) is 0 Å². The molecule has 6 atom stereocenters. The average Bonchev–Trinajstić information content (AvgIpc) is 3.22. The number of unbranched alkanes of at least 4 members (excludes halogenated alkanes) is 8. The number of carbonyl (C=O) groups is 1. The minimum Gasteiger partial charge on any atom is -0.507 e. The van der Waals surface area contributed by atoms with Crippen LogP contribution >= 0.6 is 22.6 Å². The van der Waals surface area contributed by atoms with Gasteiger partial charge in [0, 0.05) is 20.0 Å². The summed E-state index contributed by atoms with van der Waals surface area (Å²) in [5.41, 5.74) is 2.98. The number of hydrogen-bond acceptors (Lipinski definition) is 3. The molecule has 5 heteroatoms. The zero-order valence-electron chi connectivity index (χ0n) is 24.9. The summed E-state index contributed by atoms with van der Waals surface area (Å²) in [5.74, 6) is 3.33. The van der Waals surface area contributed by atoms with Crippen molar-refractivity contribution in [3.8, 4) is 5.75 Å². The number of benzene rings is 1. The highest BCUT2D eigenvalue weighted by molar-refractivity contribution is 14.1. The Kier molecular flexibility index (Phi) is 11.5. The van der Waals surface area contributed by atoms with Crippen LogP contribution in [0.1, 0.15) is 134 Å². The predicted octanol–water partition coefficient (Wildman–Crippen LogP) is 8.60. The molecule has 3 unspecified atom stereocenters. The second kappa shape index (κ2) is 14.4. The van der Waals surface area contributed by atoms with Gasteiger partial charge in [0.1, 0.15) is 5.75 Å². The lowest BCUT2D eigenvalue weighted by atomic mass is 9.52. The van der Waals surface area contributed by atoms with E-state index in [9.17, 15) is 15.0 Å². The summed E-state index contributed by atoms with van der Waals surface area (Å²) in [6.07, 6.45) is 19.6. The van der Waals surface area contributed by atoms with E-state index >= 15 is 0 Å². The second-order valence-corrected chi connectivity index (χ2v) is 14.6. The third-order valence-corrected chi connectivity index (χ3v) is 11.8. The molecule has 2 saturated carbocycles. The largest absolute Gasteiger partial charge is 0.507 e. The first-order chi connectivity index (χ1) is 18.8. The molecule has 0 saturated heterocycles. The van der Waals surface area contributed by atoms with Gasteiger partial charge in [-0.2, -0.15) is 0 Å². The van der Waals surface area contributed by atoms with Crippen LogP contribution < -0.4 is 0 Å². The molecule has 0 radical (unpaired) electrons. The smallest absolute Gasteiger partial charge is 0.222 e. The number of phenols is 1. The first-order valence-corrected chi connectivity index (χ1v) is 17.3. The summed E-state index contributed by atoms with van der Waals surface area (Å²) in [7, 11) is 1.94. The predicted molar refractivity (Wildman–Crippen MR) is 169 cm³/mol. The van der Waals surface area contributed by atoms with Crippen molar-refractivity contribution < 1.29 is 15.0 Å². The highest BCUT2D eigenvalue weighted by Crippen LogP contribution is 2.63. The maximum Gasteiger partial charge on any atom is 0.222 e. The number of aliphatic hydroxyl groups is 1. The fourth-order valence-corrected chi connectivity index (χ4v) is 8.99. The van der Waals surface area contributed by atoms with Gasteiger partial charge >= 0.3 is 0 Å². The zero-order chi connectivity index (χ0) is 28.0. The maximum absolute atomic E-state index is 12.2. The van der Waals surface area contributed by atoms with E-state index in [1.807, 2.05) is 11.9 Å². The number of phenolic OH excluding ortho intramolecular Hbond substituents is 1. The van der Waals surface area contributed by atoms with Gasteiger partial charge in [-0.1, -0.05) is 65.2 Å². The Morgan fingerprint density at radius 3 is 2.44 bits per heavy atom. The number of fused-ring (bicyclic) bond motifs is 5. The first kappa shape index (κ1) is 31.1. The topological polar surface area (TPSA) is 60.8 Å². The van der Waals surface area contributed by atoms with Gasteiger partial charge in [-0.05, 0) is 126 Å². The summed E-state index contributed by atoms with van der Waals surface area (Å²) in [6.45, 7) is 5.44. The minimum atomic E-state index is -0.134. The van der Waals surface area contributed by atoms with Crippen molar-refractivity contribution in [1.82, 2.24) is 4.90 Å². The molecule has 1 aromatic carbocycles. The molecule has 3 aliphatic rings. The molecule has 4 nitrogen and oxygen atoms in total. The highest BCUT2D eigenvalue weighted by atomic mass is 127. The molecular weight excluding hydrogens is 597 g/mol. The fraction of sp³-hybridized carbons (Fsp3) is 0.794. The molecule has 220 valence electrons. The lowest BCUT2D eigenvalue weighted by Gasteiger charge is -2.53. The number of halogens is 1.